The smallest absolute Gasteiger partial charge is 0.326 e. The van der Waals surface area contributed by atoms with Crippen LogP contribution in [0.1, 0.15) is 46.5 Å². The highest BCUT2D eigenvalue weighted by Gasteiger charge is 2.46. The zero-order valence-electron chi connectivity index (χ0n) is 14.1. The zero-order chi connectivity index (χ0) is 15.9. The maximum atomic E-state index is 12.1. The van der Waals surface area contributed by atoms with Crippen LogP contribution in [-0.4, -0.2) is 55.9 Å². The van der Waals surface area contributed by atoms with Crippen LogP contribution in [0.4, 0.5) is 0 Å². The molecule has 124 valence electrons. The van der Waals surface area contributed by atoms with Gasteiger partial charge >= 0.3 is 5.97 Å². The molecule has 5 nitrogen and oxygen atoms in total. The minimum absolute atomic E-state index is 0.222. The Balaban J connectivity index is 2.58. The summed E-state index contributed by atoms with van der Waals surface area (Å²) in [4.78, 5) is 14.5. The molecule has 0 saturated heterocycles. The van der Waals surface area contributed by atoms with E-state index in [-0.39, 0.29) is 11.9 Å². The lowest BCUT2D eigenvalue weighted by Gasteiger charge is -2.32. The number of likely N-dealkylation sites (N-methyl/N-ethyl adjacent to an activating group) is 1. The maximum Gasteiger partial charge on any atom is 0.326 e. The Morgan fingerprint density at radius 2 is 2.19 bits per heavy atom. The van der Waals surface area contributed by atoms with Crippen LogP contribution in [0.15, 0.2) is 0 Å². The van der Waals surface area contributed by atoms with Crippen molar-refractivity contribution in [2.24, 2.45) is 11.7 Å². The van der Waals surface area contributed by atoms with Crippen LogP contribution < -0.4 is 5.73 Å². The van der Waals surface area contributed by atoms with Gasteiger partial charge in [0.1, 0.15) is 5.54 Å². The minimum Gasteiger partial charge on any atom is -0.465 e. The standard InChI is InChI=1S/C16H32N2O3/c1-5-18(13(3)12-20-4)11-9-14-8-7-10-16(14,17)15(19)21-6-2/h13-14H,5-12,17H2,1-4H3. The van der Waals surface area contributed by atoms with Crippen LogP contribution in [0.25, 0.3) is 0 Å². The number of hydrogen-bond acceptors (Lipinski definition) is 5. The molecule has 0 spiro atoms. The third-order valence-electron chi connectivity index (χ3n) is 4.73. The molecule has 1 fully saturated rings. The van der Waals surface area contributed by atoms with Gasteiger partial charge in [0.05, 0.1) is 13.2 Å². The summed E-state index contributed by atoms with van der Waals surface area (Å²) in [5.41, 5.74) is 5.60. The zero-order valence-corrected chi connectivity index (χ0v) is 14.1. The van der Waals surface area contributed by atoms with Gasteiger partial charge in [-0.05, 0) is 52.1 Å². The molecule has 0 aliphatic heterocycles. The number of nitrogens with zero attached hydrogens (tertiary/aromatic N) is 1. The molecule has 3 unspecified atom stereocenters. The van der Waals surface area contributed by atoms with E-state index in [1.807, 2.05) is 6.92 Å². The lowest BCUT2D eigenvalue weighted by Crippen LogP contribution is -2.52. The summed E-state index contributed by atoms with van der Waals surface area (Å²) < 4.78 is 10.4. The highest BCUT2D eigenvalue weighted by atomic mass is 16.5. The molecule has 0 bridgehead atoms. The van der Waals surface area contributed by atoms with E-state index in [4.69, 9.17) is 15.2 Å². The molecule has 2 N–H and O–H groups in total. The number of ether oxygens (including phenoxy) is 2. The fourth-order valence-electron chi connectivity index (χ4n) is 3.40. The molecule has 0 aromatic rings. The van der Waals surface area contributed by atoms with Crippen LogP contribution in [0.5, 0.6) is 0 Å². The molecule has 1 rings (SSSR count). The molecular formula is C16H32N2O3. The van der Waals surface area contributed by atoms with E-state index in [1.165, 1.54) is 0 Å². The summed E-state index contributed by atoms with van der Waals surface area (Å²) >= 11 is 0. The highest BCUT2D eigenvalue weighted by molar-refractivity contribution is 5.81. The monoisotopic (exact) mass is 300 g/mol. The van der Waals surface area contributed by atoms with Crippen LogP contribution in [0, 0.1) is 5.92 Å². The van der Waals surface area contributed by atoms with Crippen molar-refractivity contribution in [1.82, 2.24) is 4.90 Å². The number of hydrogen-bond donors (Lipinski definition) is 1. The molecule has 0 amide bonds. The normalized spacial score (nSPS) is 27.0. The molecular weight excluding hydrogens is 268 g/mol. The van der Waals surface area contributed by atoms with Crippen molar-refractivity contribution < 1.29 is 14.3 Å². The van der Waals surface area contributed by atoms with E-state index in [0.29, 0.717) is 12.6 Å². The summed E-state index contributed by atoms with van der Waals surface area (Å²) in [6.45, 7) is 9.21. The van der Waals surface area contributed by atoms with E-state index in [1.54, 1.807) is 7.11 Å². The highest BCUT2D eigenvalue weighted by Crippen LogP contribution is 2.37. The minimum atomic E-state index is -0.778. The number of carbonyl (C=O) groups is 1. The fraction of sp³-hybridized carbons (Fsp3) is 0.938. The summed E-state index contributed by atoms with van der Waals surface area (Å²) in [5.74, 6) is 0.000772. The van der Waals surface area contributed by atoms with Gasteiger partial charge in [-0.1, -0.05) is 13.3 Å². The fourth-order valence-corrected chi connectivity index (χ4v) is 3.40. The van der Waals surface area contributed by atoms with Crippen LogP contribution in [-0.2, 0) is 14.3 Å². The molecule has 0 aromatic heterocycles. The van der Waals surface area contributed by atoms with Gasteiger partial charge in [-0.2, -0.15) is 0 Å². The van der Waals surface area contributed by atoms with Gasteiger partial charge in [0.25, 0.3) is 0 Å². The Labute approximate surface area is 129 Å². The van der Waals surface area contributed by atoms with Crippen molar-refractivity contribution in [3.8, 4) is 0 Å². The van der Waals surface area contributed by atoms with Gasteiger partial charge in [0.2, 0.25) is 0 Å². The Hall–Kier alpha value is -0.650. The van der Waals surface area contributed by atoms with E-state index in [2.05, 4.69) is 18.7 Å². The predicted molar refractivity (Wildman–Crippen MR) is 84.1 cm³/mol. The molecule has 1 aliphatic rings. The van der Waals surface area contributed by atoms with Gasteiger partial charge in [0.15, 0.2) is 0 Å². The Bertz CT molecular complexity index is 325. The topological polar surface area (TPSA) is 64.8 Å². The Morgan fingerprint density at radius 3 is 2.76 bits per heavy atom. The number of carbonyl (C=O) groups excluding carboxylic acids is 1. The van der Waals surface area contributed by atoms with Crippen molar-refractivity contribution >= 4 is 5.97 Å². The van der Waals surface area contributed by atoms with Crippen molar-refractivity contribution in [1.29, 1.82) is 0 Å². The van der Waals surface area contributed by atoms with Crippen molar-refractivity contribution in [2.75, 3.05) is 33.4 Å². The van der Waals surface area contributed by atoms with Crippen molar-refractivity contribution in [3.63, 3.8) is 0 Å². The number of rotatable bonds is 9. The summed E-state index contributed by atoms with van der Waals surface area (Å²) in [7, 11) is 1.73. The third kappa shape index (κ3) is 4.66. The quantitative estimate of drug-likeness (QED) is 0.658. The van der Waals surface area contributed by atoms with Crippen LogP contribution in [0.2, 0.25) is 0 Å². The average molecular weight is 300 g/mol. The summed E-state index contributed by atoms with van der Waals surface area (Å²) in [6.07, 6.45) is 3.72. The largest absolute Gasteiger partial charge is 0.465 e. The first-order valence-electron chi connectivity index (χ1n) is 8.18. The second kappa shape index (κ2) is 8.71. The van der Waals surface area contributed by atoms with Gasteiger partial charge < -0.3 is 15.2 Å². The molecule has 0 radical (unpaired) electrons. The Morgan fingerprint density at radius 1 is 1.48 bits per heavy atom. The number of esters is 1. The molecule has 21 heavy (non-hydrogen) atoms. The molecule has 1 saturated carbocycles. The first-order valence-corrected chi connectivity index (χ1v) is 8.18. The van der Waals surface area contributed by atoms with Gasteiger partial charge in [-0.3, -0.25) is 9.69 Å². The molecule has 1 aliphatic carbocycles. The number of methoxy groups -OCH3 is 1. The summed E-state index contributed by atoms with van der Waals surface area (Å²) in [6, 6.07) is 0.385. The molecule has 0 heterocycles. The van der Waals surface area contributed by atoms with Crippen LogP contribution >= 0.6 is 0 Å². The first-order chi connectivity index (χ1) is 9.99. The second-order valence-corrected chi connectivity index (χ2v) is 6.07. The van der Waals surface area contributed by atoms with Gasteiger partial charge in [-0.25, -0.2) is 0 Å². The number of nitrogens with two attached hydrogens (primary N) is 1. The van der Waals surface area contributed by atoms with Crippen molar-refractivity contribution in [3.05, 3.63) is 0 Å². The summed E-state index contributed by atoms with van der Waals surface area (Å²) in [5, 5.41) is 0. The third-order valence-corrected chi connectivity index (χ3v) is 4.73. The first kappa shape index (κ1) is 18.4. The predicted octanol–water partition coefficient (Wildman–Crippen LogP) is 1.79. The lowest BCUT2D eigenvalue weighted by molar-refractivity contribution is -0.151. The van der Waals surface area contributed by atoms with Gasteiger partial charge in [0, 0.05) is 13.2 Å². The van der Waals surface area contributed by atoms with E-state index in [9.17, 15) is 4.79 Å². The van der Waals surface area contributed by atoms with Crippen LogP contribution in [0.3, 0.4) is 0 Å². The Kier molecular flexibility index (Phi) is 7.63. The van der Waals surface area contributed by atoms with Crippen molar-refractivity contribution in [2.45, 2.75) is 58.0 Å². The second-order valence-electron chi connectivity index (χ2n) is 6.07. The average Bonchev–Trinajstić information content (AvgIpc) is 2.83. The lowest BCUT2D eigenvalue weighted by atomic mass is 9.85. The maximum absolute atomic E-state index is 12.1. The van der Waals surface area contributed by atoms with Gasteiger partial charge in [-0.15, -0.1) is 0 Å². The van der Waals surface area contributed by atoms with E-state index in [0.717, 1.165) is 45.4 Å². The SMILES string of the molecule is CCOC(=O)C1(N)CCCC1CCN(CC)C(C)COC. The van der Waals surface area contributed by atoms with E-state index >= 15 is 0 Å². The van der Waals surface area contributed by atoms with E-state index < -0.39 is 5.54 Å². The molecule has 3 atom stereocenters. The molecule has 0 aromatic carbocycles. The molecule has 5 heteroatoms.